The third-order valence-corrected chi connectivity index (χ3v) is 9.30. The SMILES string of the molecule is C=C/C=C\C(CCCCC)OCC(C=C(C)C)O[Si](C)(C)C(C)(C)C. The zero-order valence-electron chi connectivity index (χ0n) is 18.0. The Morgan fingerprint density at radius 2 is 1.76 bits per heavy atom. The van der Waals surface area contributed by atoms with Gasteiger partial charge in [-0.15, -0.1) is 0 Å². The molecule has 0 aliphatic rings. The standard InChI is InChI=1S/C22H42O2Si/c1-10-12-14-16-20(15-13-11-2)23-18-21(17-19(3)4)24-25(8,9)22(5,6)7/h11,13,15,17,20-21H,2,10,12,14,16,18H2,1,3-9H3/b15-13-. The summed E-state index contributed by atoms with van der Waals surface area (Å²) in [5, 5.41) is 0.198. The highest BCUT2D eigenvalue weighted by atomic mass is 28.4. The molecule has 0 saturated carbocycles. The Morgan fingerprint density at radius 1 is 1.12 bits per heavy atom. The van der Waals surface area contributed by atoms with Gasteiger partial charge in [0, 0.05) is 0 Å². The van der Waals surface area contributed by atoms with Gasteiger partial charge in [-0.05, 0) is 38.4 Å². The molecule has 2 atom stereocenters. The number of hydrogen-bond acceptors (Lipinski definition) is 2. The molecule has 0 rings (SSSR count). The number of rotatable bonds is 12. The van der Waals surface area contributed by atoms with Gasteiger partial charge in [-0.25, -0.2) is 0 Å². The third-order valence-electron chi connectivity index (χ3n) is 4.80. The first-order valence-corrected chi connectivity index (χ1v) is 12.7. The molecule has 0 aromatic rings. The summed E-state index contributed by atoms with van der Waals surface area (Å²) < 4.78 is 12.8. The van der Waals surface area contributed by atoms with Crippen LogP contribution >= 0.6 is 0 Å². The minimum absolute atomic E-state index is 0.0247. The Labute approximate surface area is 158 Å². The van der Waals surface area contributed by atoms with E-state index in [2.05, 4.69) is 73.4 Å². The van der Waals surface area contributed by atoms with Gasteiger partial charge >= 0.3 is 0 Å². The number of allylic oxidation sites excluding steroid dienone is 3. The van der Waals surface area contributed by atoms with Crippen molar-refractivity contribution < 1.29 is 9.16 Å². The quantitative estimate of drug-likeness (QED) is 0.159. The summed E-state index contributed by atoms with van der Waals surface area (Å²) in [5.41, 5.74) is 1.27. The molecule has 2 unspecified atom stereocenters. The fraction of sp³-hybridized carbons (Fsp3) is 0.727. The predicted molar refractivity (Wildman–Crippen MR) is 115 cm³/mol. The van der Waals surface area contributed by atoms with E-state index in [1.54, 1.807) is 0 Å². The molecule has 0 N–H and O–H groups in total. The van der Waals surface area contributed by atoms with E-state index in [1.807, 2.05) is 12.2 Å². The second-order valence-electron chi connectivity index (χ2n) is 8.65. The van der Waals surface area contributed by atoms with Gasteiger partial charge in [0.25, 0.3) is 0 Å². The maximum Gasteiger partial charge on any atom is 0.192 e. The maximum atomic E-state index is 6.59. The van der Waals surface area contributed by atoms with E-state index in [-0.39, 0.29) is 17.2 Å². The van der Waals surface area contributed by atoms with Crippen LogP contribution in [0.2, 0.25) is 18.1 Å². The van der Waals surface area contributed by atoms with Crippen LogP contribution < -0.4 is 0 Å². The van der Waals surface area contributed by atoms with Crippen molar-refractivity contribution in [1.29, 1.82) is 0 Å². The van der Waals surface area contributed by atoms with Crippen LogP contribution in [0.3, 0.4) is 0 Å². The molecule has 3 heteroatoms. The van der Waals surface area contributed by atoms with Gasteiger partial charge in [0.05, 0.1) is 18.8 Å². The average Bonchev–Trinajstić information content (AvgIpc) is 2.47. The molecule has 0 saturated heterocycles. The van der Waals surface area contributed by atoms with Crippen LogP contribution in [0.1, 0.15) is 67.2 Å². The van der Waals surface area contributed by atoms with E-state index in [0.717, 1.165) is 6.42 Å². The highest BCUT2D eigenvalue weighted by Gasteiger charge is 2.38. The van der Waals surface area contributed by atoms with E-state index < -0.39 is 8.32 Å². The topological polar surface area (TPSA) is 18.5 Å². The van der Waals surface area contributed by atoms with Gasteiger partial charge in [-0.2, -0.15) is 0 Å². The van der Waals surface area contributed by atoms with Crippen molar-refractivity contribution in [2.24, 2.45) is 0 Å². The molecule has 0 aromatic heterocycles. The van der Waals surface area contributed by atoms with Crippen LogP contribution in [0.15, 0.2) is 36.5 Å². The maximum absolute atomic E-state index is 6.59. The molecular formula is C22H42O2Si. The lowest BCUT2D eigenvalue weighted by Gasteiger charge is -2.39. The molecule has 0 aliphatic heterocycles. The molecule has 25 heavy (non-hydrogen) atoms. The minimum Gasteiger partial charge on any atom is -0.408 e. The van der Waals surface area contributed by atoms with E-state index >= 15 is 0 Å². The minimum atomic E-state index is -1.82. The zero-order valence-corrected chi connectivity index (χ0v) is 19.0. The van der Waals surface area contributed by atoms with E-state index in [9.17, 15) is 0 Å². The first kappa shape index (κ1) is 24.4. The molecule has 0 spiro atoms. The molecular weight excluding hydrogens is 324 g/mol. The zero-order chi connectivity index (χ0) is 19.5. The second-order valence-corrected chi connectivity index (χ2v) is 13.4. The molecule has 0 aliphatic carbocycles. The molecule has 146 valence electrons. The van der Waals surface area contributed by atoms with Crippen LogP contribution in [0, 0.1) is 0 Å². The highest BCUT2D eigenvalue weighted by molar-refractivity contribution is 6.74. The molecule has 0 bridgehead atoms. The monoisotopic (exact) mass is 366 g/mol. The molecule has 0 heterocycles. The summed E-state index contributed by atoms with van der Waals surface area (Å²) in [6.07, 6.45) is 13.0. The molecule has 0 fully saturated rings. The van der Waals surface area contributed by atoms with Gasteiger partial charge in [0.15, 0.2) is 8.32 Å². The van der Waals surface area contributed by atoms with Gasteiger partial charge in [-0.3, -0.25) is 0 Å². The number of unbranched alkanes of at least 4 members (excludes halogenated alkanes) is 2. The lowest BCUT2D eigenvalue weighted by Crippen LogP contribution is -2.44. The Bertz CT molecular complexity index is 426. The third kappa shape index (κ3) is 10.8. The van der Waals surface area contributed by atoms with Crippen LogP contribution in [0.4, 0.5) is 0 Å². The van der Waals surface area contributed by atoms with Gasteiger partial charge in [0.1, 0.15) is 0 Å². The van der Waals surface area contributed by atoms with E-state index in [0.29, 0.717) is 6.61 Å². The summed E-state index contributed by atoms with van der Waals surface area (Å²) in [4.78, 5) is 0. The van der Waals surface area contributed by atoms with Crippen LogP contribution in [0.5, 0.6) is 0 Å². The smallest absolute Gasteiger partial charge is 0.192 e. The summed E-state index contributed by atoms with van der Waals surface area (Å²) in [6.45, 7) is 22.3. The molecule has 0 aromatic carbocycles. The molecule has 0 amide bonds. The number of hydrogen-bond donors (Lipinski definition) is 0. The molecule has 2 nitrogen and oxygen atoms in total. The average molecular weight is 367 g/mol. The largest absolute Gasteiger partial charge is 0.408 e. The van der Waals surface area contributed by atoms with Gasteiger partial charge < -0.3 is 9.16 Å². The van der Waals surface area contributed by atoms with Gasteiger partial charge in [-0.1, -0.05) is 83.4 Å². The lowest BCUT2D eigenvalue weighted by atomic mass is 10.1. The van der Waals surface area contributed by atoms with Crippen molar-refractivity contribution in [3.63, 3.8) is 0 Å². The Morgan fingerprint density at radius 3 is 2.24 bits per heavy atom. The number of ether oxygens (including phenoxy) is 1. The van der Waals surface area contributed by atoms with Crippen molar-refractivity contribution in [2.75, 3.05) is 6.61 Å². The predicted octanol–water partition coefficient (Wildman–Crippen LogP) is 7.05. The first-order chi connectivity index (χ1) is 11.5. The first-order valence-electron chi connectivity index (χ1n) is 9.77. The van der Waals surface area contributed by atoms with Crippen molar-refractivity contribution >= 4 is 8.32 Å². The van der Waals surface area contributed by atoms with Crippen molar-refractivity contribution in [1.82, 2.24) is 0 Å². The van der Waals surface area contributed by atoms with Crippen molar-refractivity contribution in [2.45, 2.75) is 97.6 Å². The van der Waals surface area contributed by atoms with E-state index in [4.69, 9.17) is 9.16 Å². The second kappa shape index (κ2) is 11.9. The lowest BCUT2D eigenvalue weighted by molar-refractivity contribution is 0.0278. The Balaban J connectivity index is 4.96. The Hall–Kier alpha value is -0.643. The normalized spacial score (nSPS) is 15.2. The van der Waals surface area contributed by atoms with Crippen LogP contribution in [0.25, 0.3) is 0 Å². The fourth-order valence-corrected chi connectivity index (χ4v) is 3.54. The van der Waals surface area contributed by atoms with Gasteiger partial charge in [0.2, 0.25) is 0 Å². The van der Waals surface area contributed by atoms with Crippen LogP contribution in [-0.4, -0.2) is 27.1 Å². The molecule has 0 radical (unpaired) electrons. The summed E-state index contributed by atoms with van der Waals surface area (Å²) in [6, 6.07) is 0. The van der Waals surface area contributed by atoms with Crippen molar-refractivity contribution in [3.05, 3.63) is 36.5 Å². The Kier molecular flexibility index (Phi) is 11.6. The summed E-state index contributed by atoms with van der Waals surface area (Å²) in [5.74, 6) is 0. The summed E-state index contributed by atoms with van der Waals surface area (Å²) in [7, 11) is -1.82. The highest BCUT2D eigenvalue weighted by Crippen LogP contribution is 2.37. The van der Waals surface area contributed by atoms with E-state index in [1.165, 1.54) is 24.8 Å². The summed E-state index contributed by atoms with van der Waals surface area (Å²) >= 11 is 0. The van der Waals surface area contributed by atoms with Crippen LogP contribution in [-0.2, 0) is 9.16 Å². The fourth-order valence-electron chi connectivity index (χ4n) is 2.29. The van der Waals surface area contributed by atoms with Crippen molar-refractivity contribution in [3.8, 4) is 0 Å².